The van der Waals surface area contributed by atoms with Gasteiger partial charge in [0.25, 0.3) is 0 Å². The highest BCUT2D eigenvalue weighted by Crippen LogP contribution is 2.28. The van der Waals surface area contributed by atoms with Crippen LogP contribution in [0.25, 0.3) is 0 Å². The van der Waals surface area contributed by atoms with Crippen molar-refractivity contribution in [3.63, 3.8) is 0 Å². The lowest BCUT2D eigenvalue weighted by molar-refractivity contribution is 0.248. The Bertz CT molecular complexity index is 320. The minimum Gasteiger partial charge on any atom is -0.316 e. The molecular weight excluding hydrogens is 218 g/mol. The average molecular weight is 245 g/mol. The molecule has 0 aromatic heterocycles. The zero-order valence-corrected chi connectivity index (χ0v) is 11.7. The SMILES string of the molecule is CC1CCCCC1CNCCCc1ccccc1. The molecule has 2 unspecified atom stereocenters. The quantitative estimate of drug-likeness (QED) is 0.746. The highest BCUT2D eigenvalue weighted by molar-refractivity contribution is 5.14. The zero-order valence-electron chi connectivity index (χ0n) is 11.7. The Balaban J connectivity index is 1.56. The number of aryl methyl sites for hydroxylation is 1. The van der Waals surface area contributed by atoms with Crippen LogP contribution in [-0.4, -0.2) is 13.1 Å². The highest BCUT2D eigenvalue weighted by Gasteiger charge is 2.20. The molecule has 18 heavy (non-hydrogen) atoms. The molecule has 100 valence electrons. The van der Waals surface area contributed by atoms with Gasteiger partial charge in [-0.25, -0.2) is 0 Å². The van der Waals surface area contributed by atoms with E-state index in [0.29, 0.717) is 0 Å². The number of hydrogen-bond donors (Lipinski definition) is 1. The zero-order chi connectivity index (χ0) is 12.6. The van der Waals surface area contributed by atoms with Crippen LogP contribution >= 0.6 is 0 Å². The minimum atomic E-state index is 0.926. The first-order valence-corrected chi connectivity index (χ1v) is 7.61. The third-order valence-electron chi connectivity index (χ3n) is 4.36. The van der Waals surface area contributed by atoms with E-state index in [4.69, 9.17) is 0 Å². The van der Waals surface area contributed by atoms with Gasteiger partial charge in [-0.15, -0.1) is 0 Å². The van der Waals surface area contributed by atoms with E-state index in [1.165, 1.54) is 50.6 Å². The molecule has 2 rings (SSSR count). The molecule has 0 heterocycles. The molecule has 0 aliphatic heterocycles. The Kier molecular flexibility index (Phi) is 5.73. The Labute approximate surface area is 112 Å². The molecule has 1 nitrogen and oxygen atoms in total. The molecule has 1 fully saturated rings. The maximum absolute atomic E-state index is 3.66. The van der Waals surface area contributed by atoms with Gasteiger partial charge in [0.1, 0.15) is 0 Å². The number of nitrogens with one attached hydrogen (secondary N) is 1. The van der Waals surface area contributed by atoms with Crippen molar-refractivity contribution in [1.29, 1.82) is 0 Å². The molecule has 0 amide bonds. The largest absolute Gasteiger partial charge is 0.316 e. The van der Waals surface area contributed by atoms with Crippen LogP contribution in [0.2, 0.25) is 0 Å². The molecule has 1 saturated carbocycles. The van der Waals surface area contributed by atoms with Crippen LogP contribution < -0.4 is 5.32 Å². The molecule has 0 spiro atoms. The van der Waals surface area contributed by atoms with Gasteiger partial charge in [-0.3, -0.25) is 0 Å². The summed E-state index contributed by atoms with van der Waals surface area (Å²) in [6.45, 7) is 4.82. The van der Waals surface area contributed by atoms with Crippen LogP contribution in [0.3, 0.4) is 0 Å². The summed E-state index contributed by atoms with van der Waals surface area (Å²) in [5.41, 5.74) is 1.46. The van der Waals surface area contributed by atoms with Crippen LogP contribution in [0.1, 0.15) is 44.6 Å². The lowest BCUT2D eigenvalue weighted by Gasteiger charge is -2.28. The summed E-state index contributed by atoms with van der Waals surface area (Å²) in [7, 11) is 0. The smallest absolute Gasteiger partial charge is 0.00180 e. The summed E-state index contributed by atoms with van der Waals surface area (Å²) < 4.78 is 0. The van der Waals surface area contributed by atoms with Crippen LogP contribution in [0, 0.1) is 11.8 Å². The number of benzene rings is 1. The molecule has 1 aliphatic rings. The van der Waals surface area contributed by atoms with Gasteiger partial charge in [0.2, 0.25) is 0 Å². The summed E-state index contributed by atoms with van der Waals surface area (Å²) in [5.74, 6) is 1.86. The van der Waals surface area contributed by atoms with Crippen molar-refractivity contribution in [2.24, 2.45) is 11.8 Å². The number of hydrogen-bond acceptors (Lipinski definition) is 1. The Morgan fingerprint density at radius 3 is 2.67 bits per heavy atom. The molecule has 0 saturated heterocycles. The molecule has 1 aromatic carbocycles. The molecule has 1 aromatic rings. The summed E-state index contributed by atoms with van der Waals surface area (Å²) in [6, 6.07) is 10.8. The van der Waals surface area contributed by atoms with Crippen molar-refractivity contribution in [3.05, 3.63) is 35.9 Å². The second kappa shape index (κ2) is 7.58. The topological polar surface area (TPSA) is 12.0 Å². The van der Waals surface area contributed by atoms with Crippen molar-refractivity contribution in [2.45, 2.75) is 45.4 Å². The van der Waals surface area contributed by atoms with Gasteiger partial charge < -0.3 is 5.32 Å². The predicted octanol–water partition coefficient (Wildman–Crippen LogP) is 4.04. The van der Waals surface area contributed by atoms with Gasteiger partial charge in [-0.1, -0.05) is 56.5 Å². The van der Waals surface area contributed by atoms with Crippen LogP contribution in [0.5, 0.6) is 0 Å². The molecule has 0 bridgehead atoms. The van der Waals surface area contributed by atoms with Crippen molar-refractivity contribution >= 4 is 0 Å². The molecule has 1 N–H and O–H groups in total. The summed E-state index contributed by atoms with van der Waals surface area (Å²) in [5, 5.41) is 3.66. The first-order chi connectivity index (χ1) is 8.86. The molecular formula is C17H27N. The predicted molar refractivity (Wildman–Crippen MR) is 78.8 cm³/mol. The normalized spacial score (nSPS) is 24.1. The lowest BCUT2D eigenvalue weighted by atomic mass is 9.80. The number of rotatable bonds is 6. The summed E-state index contributed by atoms with van der Waals surface area (Å²) in [6.07, 6.45) is 8.23. The van der Waals surface area contributed by atoms with E-state index < -0.39 is 0 Å². The Morgan fingerprint density at radius 1 is 1.11 bits per heavy atom. The molecule has 0 radical (unpaired) electrons. The third-order valence-corrected chi connectivity index (χ3v) is 4.36. The van der Waals surface area contributed by atoms with Crippen LogP contribution in [0.15, 0.2) is 30.3 Å². The first kappa shape index (κ1) is 13.6. The Morgan fingerprint density at radius 2 is 1.89 bits per heavy atom. The van der Waals surface area contributed by atoms with Crippen molar-refractivity contribution < 1.29 is 0 Å². The van der Waals surface area contributed by atoms with E-state index in [-0.39, 0.29) is 0 Å². The van der Waals surface area contributed by atoms with E-state index in [9.17, 15) is 0 Å². The molecule has 1 aliphatic carbocycles. The van der Waals surface area contributed by atoms with Gasteiger partial charge in [0.15, 0.2) is 0 Å². The van der Waals surface area contributed by atoms with Crippen molar-refractivity contribution in [3.8, 4) is 0 Å². The summed E-state index contributed by atoms with van der Waals surface area (Å²) in [4.78, 5) is 0. The highest BCUT2D eigenvalue weighted by atomic mass is 14.9. The minimum absolute atomic E-state index is 0.926. The fourth-order valence-electron chi connectivity index (χ4n) is 3.05. The van der Waals surface area contributed by atoms with E-state index in [1.807, 2.05) is 0 Å². The van der Waals surface area contributed by atoms with Crippen molar-refractivity contribution in [2.75, 3.05) is 13.1 Å². The second-order valence-corrected chi connectivity index (χ2v) is 5.82. The standard InChI is InChI=1S/C17H27N/c1-15-8-5-6-12-17(15)14-18-13-7-11-16-9-3-2-4-10-16/h2-4,9-10,15,17-18H,5-8,11-14H2,1H3. The van der Waals surface area contributed by atoms with Crippen LogP contribution in [-0.2, 0) is 6.42 Å². The van der Waals surface area contributed by atoms with Gasteiger partial charge >= 0.3 is 0 Å². The van der Waals surface area contributed by atoms with Gasteiger partial charge in [-0.2, -0.15) is 0 Å². The summed E-state index contributed by atoms with van der Waals surface area (Å²) >= 11 is 0. The molecule has 2 atom stereocenters. The van der Waals surface area contributed by atoms with E-state index >= 15 is 0 Å². The fourth-order valence-corrected chi connectivity index (χ4v) is 3.05. The second-order valence-electron chi connectivity index (χ2n) is 5.82. The van der Waals surface area contributed by atoms with Gasteiger partial charge in [0.05, 0.1) is 0 Å². The van der Waals surface area contributed by atoms with Crippen LogP contribution in [0.4, 0.5) is 0 Å². The molecule has 1 heteroatoms. The van der Waals surface area contributed by atoms with Gasteiger partial charge in [-0.05, 0) is 49.8 Å². The van der Waals surface area contributed by atoms with E-state index in [0.717, 1.165) is 18.4 Å². The fraction of sp³-hybridized carbons (Fsp3) is 0.647. The lowest BCUT2D eigenvalue weighted by Crippen LogP contribution is -2.30. The third kappa shape index (κ3) is 4.45. The maximum atomic E-state index is 3.66. The van der Waals surface area contributed by atoms with E-state index in [1.54, 1.807) is 0 Å². The Hall–Kier alpha value is -0.820. The maximum Gasteiger partial charge on any atom is -0.00180 e. The average Bonchev–Trinajstić information content (AvgIpc) is 2.42. The van der Waals surface area contributed by atoms with Crippen molar-refractivity contribution in [1.82, 2.24) is 5.32 Å². The van der Waals surface area contributed by atoms with E-state index in [2.05, 4.69) is 42.6 Å². The first-order valence-electron chi connectivity index (χ1n) is 7.61. The monoisotopic (exact) mass is 245 g/mol. The van der Waals surface area contributed by atoms with Gasteiger partial charge in [0, 0.05) is 0 Å².